The molecular weight excluding hydrogens is 396 g/mol. The summed E-state index contributed by atoms with van der Waals surface area (Å²) in [4.78, 5) is 17.7. The topological polar surface area (TPSA) is 70.2 Å². The maximum Gasteiger partial charge on any atom is 0.251 e. The van der Waals surface area contributed by atoms with Crippen LogP contribution in [0, 0.1) is 12.8 Å². The van der Waals surface area contributed by atoms with E-state index in [0.717, 1.165) is 36.2 Å². The van der Waals surface area contributed by atoms with Gasteiger partial charge in [-0.3, -0.25) is 4.79 Å². The maximum atomic E-state index is 12.9. The molecule has 0 atom stereocenters. The highest BCUT2D eigenvalue weighted by Gasteiger charge is 2.37. The SMILES string of the molecule is CCN1CC(S(=O)(=O)c2ccc(C(=CC3CCCC3)c3ccc(C)c(=O)[nH]3)cc2)C1. The Hall–Kier alpha value is -2.18. The zero-order valence-electron chi connectivity index (χ0n) is 17.7. The highest BCUT2D eigenvalue weighted by Crippen LogP contribution is 2.32. The van der Waals surface area contributed by atoms with Gasteiger partial charge in [0.2, 0.25) is 0 Å². The van der Waals surface area contributed by atoms with Crippen LogP contribution in [-0.2, 0) is 9.84 Å². The van der Waals surface area contributed by atoms with E-state index in [-0.39, 0.29) is 10.8 Å². The number of allylic oxidation sites excluding steroid dienone is 1. The molecular formula is C24H30N2O3S. The van der Waals surface area contributed by atoms with Crippen LogP contribution in [0.1, 0.15) is 49.4 Å². The van der Waals surface area contributed by atoms with Gasteiger partial charge < -0.3 is 9.88 Å². The van der Waals surface area contributed by atoms with Crippen LogP contribution in [0.4, 0.5) is 0 Å². The predicted molar refractivity (Wildman–Crippen MR) is 120 cm³/mol. The van der Waals surface area contributed by atoms with E-state index >= 15 is 0 Å². The van der Waals surface area contributed by atoms with Crippen molar-refractivity contribution >= 4 is 15.4 Å². The molecule has 160 valence electrons. The molecule has 1 saturated heterocycles. The molecule has 0 amide bonds. The van der Waals surface area contributed by atoms with Crippen molar-refractivity contribution in [1.29, 1.82) is 0 Å². The highest BCUT2D eigenvalue weighted by atomic mass is 32.2. The summed E-state index contributed by atoms with van der Waals surface area (Å²) in [6, 6.07) is 11.0. The Morgan fingerprint density at radius 2 is 1.77 bits per heavy atom. The summed E-state index contributed by atoms with van der Waals surface area (Å²) in [6.07, 6.45) is 7.02. The summed E-state index contributed by atoms with van der Waals surface area (Å²) < 4.78 is 25.8. The number of rotatable bonds is 6. The first-order valence-electron chi connectivity index (χ1n) is 10.9. The van der Waals surface area contributed by atoms with Crippen molar-refractivity contribution in [2.24, 2.45) is 5.92 Å². The summed E-state index contributed by atoms with van der Waals surface area (Å²) in [5, 5.41) is -0.315. The number of hydrogen-bond acceptors (Lipinski definition) is 4. The standard InChI is InChI=1S/C24H30N2O3S/c1-3-26-15-21(16-26)30(28,29)20-11-9-19(10-12-20)22(14-18-6-4-5-7-18)23-13-8-17(2)24(27)25-23/h8-14,18,21H,3-7,15-16H2,1-2H3,(H,25,27). The van der Waals surface area contributed by atoms with E-state index < -0.39 is 9.84 Å². The van der Waals surface area contributed by atoms with E-state index in [1.54, 1.807) is 19.1 Å². The first-order chi connectivity index (χ1) is 14.4. The number of nitrogens with zero attached hydrogens (tertiary/aromatic N) is 1. The monoisotopic (exact) mass is 426 g/mol. The molecule has 2 aliphatic rings. The second kappa shape index (κ2) is 8.52. The Morgan fingerprint density at radius 3 is 2.37 bits per heavy atom. The lowest BCUT2D eigenvalue weighted by atomic mass is 9.96. The number of sulfone groups is 1. The second-order valence-corrected chi connectivity index (χ2v) is 10.8. The molecule has 30 heavy (non-hydrogen) atoms. The van der Waals surface area contributed by atoms with E-state index in [4.69, 9.17) is 0 Å². The molecule has 4 rings (SSSR count). The van der Waals surface area contributed by atoms with Gasteiger partial charge in [0, 0.05) is 29.9 Å². The molecule has 1 N–H and O–H groups in total. The lowest BCUT2D eigenvalue weighted by Gasteiger charge is -2.37. The average molecular weight is 427 g/mol. The lowest BCUT2D eigenvalue weighted by molar-refractivity contribution is 0.195. The van der Waals surface area contributed by atoms with Crippen LogP contribution in [0.5, 0.6) is 0 Å². The van der Waals surface area contributed by atoms with Crippen molar-refractivity contribution < 1.29 is 8.42 Å². The van der Waals surface area contributed by atoms with Crippen LogP contribution in [0.25, 0.3) is 5.57 Å². The van der Waals surface area contributed by atoms with Crippen molar-refractivity contribution in [2.45, 2.75) is 49.7 Å². The predicted octanol–water partition coefficient (Wildman–Crippen LogP) is 3.78. The molecule has 1 aliphatic heterocycles. The van der Waals surface area contributed by atoms with Crippen LogP contribution >= 0.6 is 0 Å². The molecule has 1 aromatic carbocycles. The van der Waals surface area contributed by atoms with Gasteiger partial charge in [0.25, 0.3) is 5.56 Å². The fourth-order valence-electron chi connectivity index (χ4n) is 4.40. The van der Waals surface area contributed by atoms with Crippen LogP contribution in [0.2, 0.25) is 0 Å². The normalized spacial score (nSPS) is 19.2. The van der Waals surface area contributed by atoms with Crippen molar-refractivity contribution in [2.75, 3.05) is 19.6 Å². The maximum absolute atomic E-state index is 12.9. The highest BCUT2D eigenvalue weighted by molar-refractivity contribution is 7.92. The van der Waals surface area contributed by atoms with Gasteiger partial charge in [-0.15, -0.1) is 0 Å². The van der Waals surface area contributed by atoms with E-state index in [0.29, 0.717) is 29.5 Å². The number of aryl methyl sites for hydroxylation is 1. The Kier molecular flexibility index (Phi) is 5.98. The van der Waals surface area contributed by atoms with Crippen molar-refractivity contribution in [3.63, 3.8) is 0 Å². The first-order valence-corrected chi connectivity index (χ1v) is 12.4. The number of aromatic amines is 1. The minimum absolute atomic E-state index is 0.0884. The Labute approximate surface area is 178 Å². The van der Waals surface area contributed by atoms with E-state index in [2.05, 4.69) is 16.0 Å². The van der Waals surface area contributed by atoms with Crippen LogP contribution in [-0.4, -0.2) is 43.2 Å². The Balaban J connectivity index is 1.66. The van der Waals surface area contributed by atoms with Gasteiger partial charge in [0.15, 0.2) is 9.84 Å². The summed E-state index contributed by atoms with van der Waals surface area (Å²) in [7, 11) is -3.31. The molecule has 0 spiro atoms. The van der Waals surface area contributed by atoms with Gasteiger partial charge in [-0.2, -0.15) is 0 Å². The number of H-pyrrole nitrogens is 1. The van der Waals surface area contributed by atoms with E-state index in [1.807, 2.05) is 31.2 Å². The van der Waals surface area contributed by atoms with Gasteiger partial charge >= 0.3 is 0 Å². The lowest BCUT2D eigenvalue weighted by Crippen LogP contribution is -2.54. The third-order valence-electron chi connectivity index (χ3n) is 6.50. The number of pyridine rings is 1. The minimum Gasteiger partial charge on any atom is -0.322 e. The molecule has 0 bridgehead atoms. The molecule has 2 aromatic rings. The van der Waals surface area contributed by atoms with E-state index in [1.165, 1.54) is 12.8 Å². The number of aromatic nitrogens is 1. The summed E-state index contributed by atoms with van der Waals surface area (Å²) in [6.45, 7) is 5.94. The number of benzene rings is 1. The Bertz CT molecular complexity index is 1090. The average Bonchev–Trinajstić information content (AvgIpc) is 3.21. The van der Waals surface area contributed by atoms with E-state index in [9.17, 15) is 13.2 Å². The minimum atomic E-state index is -3.31. The second-order valence-electron chi connectivity index (χ2n) is 8.55. The zero-order valence-corrected chi connectivity index (χ0v) is 18.5. The molecule has 1 saturated carbocycles. The molecule has 2 fully saturated rings. The quantitative estimate of drug-likeness (QED) is 0.763. The Morgan fingerprint density at radius 1 is 1.10 bits per heavy atom. The van der Waals surface area contributed by atoms with Gasteiger partial charge in [-0.05, 0) is 56.0 Å². The number of nitrogens with one attached hydrogen (secondary N) is 1. The molecule has 1 aromatic heterocycles. The van der Waals surface area contributed by atoms with Gasteiger partial charge in [0.1, 0.15) is 0 Å². The van der Waals surface area contributed by atoms with Crippen molar-refractivity contribution in [3.05, 3.63) is 69.6 Å². The van der Waals surface area contributed by atoms with Crippen LogP contribution < -0.4 is 5.56 Å². The van der Waals surface area contributed by atoms with Gasteiger partial charge in [-0.1, -0.05) is 44.0 Å². The van der Waals surface area contributed by atoms with Gasteiger partial charge in [-0.25, -0.2) is 8.42 Å². The van der Waals surface area contributed by atoms with Crippen molar-refractivity contribution in [1.82, 2.24) is 9.88 Å². The zero-order chi connectivity index (χ0) is 21.3. The van der Waals surface area contributed by atoms with Gasteiger partial charge in [0.05, 0.1) is 10.1 Å². The molecule has 1 aliphatic carbocycles. The largest absolute Gasteiger partial charge is 0.322 e. The summed E-state index contributed by atoms with van der Waals surface area (Å²) >= 11 is 0. The molecule has 0 radical (unpaired) electrons. The smallest absolute Gasteiger partial charge is 0.251 e. The third kappa shape index (κ3) is 4.16. The first kappa shape index (κ1) is 21.1. The van der Waals surface area contributed by atoms with Crippen LogP contribution in [0.3, 0.4) is 0 Å². The third-order valence-corrected chi connectivity index (χ3v) is 8.61. The van der Waals surface area contributed by atoms with Crippen molar-refractivity contribution in [3.8, 4) is 0 Å². The molecule has 2 heterocycles. The fourth-order valence-corrected chi connectivity index (χ4v) is 6.11. The fraction of sp³-hybridized carbons (Fsp3) is 0.458. The number of likely N-dealkylation sites (tertiary alicyclic amines) is 1. The molecule has 5 nitrogen and oxygen atoms in total. The molecule has 6 heteroatoms. The van der Waals surface area contributed by atoms with Crippen LogP contribution in [0.15, 0.2) is 52.2 Å². The summed E-state index contributed by atoms with van der Waals surface area (Å²) in [5.74, 6) is 0.489. The summed E-state index contributed by atoms with van der Waals surface area (Å²) in [5.41, 5.74) is 3.29. The number of hydrogen-bond donors (Lipinski definition) is 1. The molecule has 0 unspecified atom stereocenters.